The molecule has 0 radical (unpaired) electrons. The molecular formula is C33H33FN10O3S2. The third-order valence-corrected chi connectivity index (χ3v) is 9.08. The molecule has 0 saturated carbocycles. The summed E-state index contributed by atoms with van der Waals surface area (Å²) in [6.45, 7) is 2.94. The lowest BCUT2D eigenvalue weighted by Crippen LogP contribution is -2.10. The summed E-state index contributed by atoms with van der Waals surface area (Å²) in [5.74, 6) is 5.26. The summed E-state index contributed by atoms with van der Waals surface area (Å²) in [5, 5.41) is 29.8. The van der Waals surface area contributed by atoms with Crippen LogP contribution >= 0.6 is 22.7 Å². The van der Waals surface area contributed by atoms with E-state index in [-0.39, 0.29) is 18.1 Å². The maximum Gasteiger partial charge on any atom is 0.355 e. The van der Waals surface area contributed by atoms with Gasteiger partial charge in [0.15, 0.2) is 39.2 Å². The summed E-state index contributed by atoms with van der Waals surface area (Å²) < 4.78 is 21.3. The largest absolute Gasteiger partial charge is 0.491 e. The van der Waals surface area contributed by atoms with Crippen LogP contribution in [0.4, 0.5) is 26.3 Å². The lowest BCUT2D eigenvalue weighted by atomic mass is 10.1. The first-order valence-electron chi connectivity index (χ1n) is 15.3. The minimum atomic E-state index is -1.16. The number of aryl methyl sites for hydroxylation is 1. The molecule has 3 N–H and O–H groups in total. The summed E-state index contributed by atoms with van der Waals surface area (Å²) in [7, 11) is 3.81. The molecule has 0 spiro atoms. The third kappa shape index (κ3) is 9.40. The van der Waals surface area contributed by atoms with Crippen LogP contribution in [-0.4, -0.2) is 69.9 Å². The van der Waals surface area contributed by atoms with Crippen LogP contribution in [0.15, 0.2) is 47.6 Å². The Morgan fingerprint density at radius 3 is 2.61 bits per heavy atom. The number of nitrogens with one attached hydrogen (secondary N) is 2. The zero-order valence-corrected chi connectivity index (χ0v) is 28.7. The molecule has 0 atom stereocenters. The maximum atomic E-state index is 14.6. The number of aromatic nitrogens is 4. The predicted octanol–water partition coefficient (Wildman–Crippen LogP) is 7.34. The summed E-state index contributed by atoms with van der Waals surface area (Å²) in [4.78, 5) is 26.3. The van der Waals surface area contributed by atoms with Crippen molar-refractivity contribution in [1.82, 2.24) is 25.1 Å². The van der Waals surface area contributed by atoms with E-state index < -0.39 is 11.8 Å². The van der Waals surface area contributed by atoms with Gasteiger partial charge in [0.05, 0.1) is 23.4 Å². The number of hydrogen-bond donors (Lipinski definition) is 3. The second-order valence-electron chi connectivity index (χ2n) is 11.0. The van der Waals surface area contributed by atoms with Gasteiger partial charge < -0.3 is 20.5 Å². The van der Waals surface area contributed by atoms with Crippen molar-refractivity contribution in [2.45, 2.75) is 32.6 Å². The highest BCUT2D eigenvalue weighted by molar-refractivity contribution is 7.22. The summed E-state index contributed by atoms with van der Waals surface area (Å²) in [6, 6.07) is 12.4. The zero-order valence-electron chi connectivity index (χ0n) is 27.0. The van der Waals surface area contributed by atoms with E-state index in [1.54, 1.807) is 12.1 Å². The van der Waals surface area contributed by atoms with Gasteiger partial charge in [-0.1, -0.05) is 40.4 Å². The molecule has 13 nitrogen and oxygen atoms in total. The Morgan fingerprint density at radius 1 is 1.08 bits per heavy atom. The zero-order chi connectivity index (χ0) is 34.8. The number of hydrogen-bond acceptors (Lipinski definition) is 12. The summed E-state index contributed by atoms with van der Waals surface area (Å²) >= 11 is 2.69. The van der Waals surface area contributed by atoms with Gasteiger partial charge in [0.2, 0.25) is 0 Å². The number of carboxylic acid groups (broad SMARTS) is 1. The number of fused-ring (bicyclic) bond motifs is 1. The van der Waals surface area contributed by atoms with Gasteiger partial charge in [-0.25, -0.2) is 19.2 Å². The van der Waals surface area contributed by atoms with Gasteiger partial charge >= 0.3 is 5.97 Å². The number of benzene rings is 2. The molecule has 0 aliphatic heterocycles. The SMILES string of the molecule is Cc1c(Nc2nc3ccccc3s2)nnc(Nc2nc(C(=O)O)c(CCCOc3ccc(C#CCN(C)C)cc3F)s2)c1CCCN=[N+]=[N-]. The average Bonchev–Trinajstić information content (AvgIpc) is 3.68. The van der Waals surface area contributed by atoms with Crippen LogP contribution in [0.3, 0.4) is 0 Å². The molecule has 0 unspecified atom stereocenters. The van der Waals surface area contributed by atoms with Crippen LogP contribution < -0.4 is 15.4 Å². The summed E-state index contributed by atoms with van der Waals surface area (Å²) in [5.41, 5.74) is 11.7. The minimum Gasteiger partial charge on any atom is -0.491 e. The first kappa shape index (κ1) is 35.0. The van der Waals surface area contributed by atoms with Crippen LogP contribution in [0.1, 0.15) is 44.9 Å². The van der Waals surface area contributed by atoms with E-state index in [9.17, 15) is 14.3 Å². The lowest BCUT2D eigenvalue weighted by molar-refractivity contribution is 0.0690. The highest BCUT2D eigenvalue weighted by atomic mass is 32.1. The van der Waals surface area contributed by atoms with E-state index in [1.807, 2.05) is 50.2 Å². The van der Waals surface area contributed by atoms with E-state index in [1.165, 1.54) is 28.7 Å². The first-order chi connectivity index (χ1) is 23.7. The van der Waals surface area contributed by atoms with Crippen molar-refractivity contribution < 1.29 is 19.0 Å². The first-order valence-corrected chi connectivity index (χ1v) is 16.9. The van der Waals surface area contributed by atoms with Crippen LogP contribution in [0.5, 0.6) is 5.75 Å². The standard InChI is InChI=1S/C33H33FN10O3S2/c1-20-22(10-6-16-36-43-35)30(42-41-29(20)39-32-37-24-11-4-5-12-26(24)48-32)40-33-38-28(31(45)46)27(49-33)13-8-18-47-25-15-14-21(19-23(25)34)9-7-17-44(2)3/h4-5,11-12,14-15,19H,6,8,10,13,16-18H2,1-3H3,(H,45,46)(H,37,39,41)(H,38,40,42). The Hall–Kier alpha value is -5.33. The van der Waals surface area contributed by atoms with Crippen molar-refractivity contribution in [3.8, 4) is 17.6 Å². The Labute approximate surface area is 289 Å². The quantitative estimate of drug-likeness (QED) is 0.0329. The number of para-hydroxylation sites is 1. The third-order valence-electron chi connectivity index (χ3n) is 7.10. The van der Waals surface area contributed by atoms with Gasteiger partial charge in [-0.15, -0.1) is 21.5 Å². The van der Waals surface area contributed by atoms with E-state index in [4.69, 9.17) is 10.3 Å². The van der Waals surface area contributed by atoms with Gasteiger partial charge in [0.25, 0.3) is 0 Å². The van der Waals surface area contributed by atoms with E-state index in [0.717, 1.165) is 21.3 Å². The number of carboxylic acids is 1. The maximum absolute atomic E-state index is 14.6. The van der Waals surface area contributed by atoms with Gasteiger partial charge in [0, 0.05) is 33.0 Å². The van der Waals surface area contributed by atoms with E-state index >= 15 is 0 Å². The highest BCUT2D eigenvalue weighted by Gasteiger charge is 2.20. The number of carbonyl (C=O) groups is 1. The second kappa shape index (κ2) is 16.7. The molecule has 16 heteroatoms. The number of azide groups is 1. The Morgan fingerprint density at radius 2 is 1.86 bits per heavy atom. The number of thiazole rings is 2. The van der Waals surface area contributed by atoms with Crippen LogP contribution in [0, 0.1) is 24.6 Å². The molecule has 0 aliphatic carbocycles. The molecule has 3 heterocycles. The van der Waals surface area contributed by atoms with Crippen LogP contribution in [0.2, 0.25) is 0 Å². The van der Waals surface area contributed by atoms with Crippen molar-refractivity contribution in [2.24, 2.45) is 5.11 Å². The molecule has 0 saturated heterocycles. The molecule has 49 heavy (non-hydrogen) atoms. The minimum absolute atomic E-state index is 0.0805. The normalized spacial score (nSPS) is 10.8. The highest BCUT2D eigenvalue weighted by Crippen LogP contribution is 2.33. The lowest BCUT2D eigenvalue weighted by Gasteiger charge is -2.14. The topological polar surface area (TPSA) is 174 Å². The number of aromatic carboxylic acids is 1. The fourth-order valence-corrected chi connectivity index (χ4v) is 6.59. The number of anilines is 4. The molecule has 0 bridgehead atoms. The van der Waals surface area contributed by atoms with E-state index in [0.29, 0.717) is 71.1 Å². The Bertz CT molecular complexity index is 2030. The Kier molecular flexibility index (Phi) is 11.9. The summed E-state index contributed by atoms with van der Waals surface area (Å²) in [6.07, 6.45) is 1.86. The molecule has 3 aromatic heterocycles. The van der Waals surface area contributed by atoms with Gasteiger partial charge in [-0.3, -0.25) is 4.90 Å². The molecule has 0 fully saturated rings. The van der Waals surface area contributed by atoms with Crippen molar-refractivity contribution in [3.63, 3.8) is 0 Å². The Balaban J connectivity index is 1.28. The smallest absolute Gasteiger partial charge is 0.355 e. The number of halogens is 1. The molecule has 252 valence electrons. The number of rotatable bonds is 15. The average molecular weight is 701 g/mol. The van der Waals surface area contributed by atoms with Crippen LogP contribution in [-0.2, 0) is 12.8 Å². The molecule has 5 aromatic rings. The number of nitrogens with zero attached hydrogens (tertiary/aromatic N) is 8. The van der Waals surface area contributed by atoms with Crippen molar-refractivity contribution in [3.05, 3.63) is 86.0 Å². The van der Waals surface area contributed by atoms with Gasteiger partial charge in [-0.2, -0.15) is 0 Å². The molecule has 5 rings (SSSR count). The van der Waals surface area contributed by atoms with Crippen LogP contribution in [0.25, 0.3) is 20.7 Å². The fourth-order valence-electron chi connectivity index (χ4n) is 4.73. The number of ether oxygens (including phenoxy) is 1. The molecular weight excluding hydrogens is 668 g/mol. The molecule has 2 aromatic carbocycles. The van der Waals surface area contributed by atoms with Crippen molar-refractivity contribution in [1.29, 1.82) is 0 Å². The molecule has 0 aliphatic rings. The predicted molar refractivity (Wildman–Crippen MR) is 190 cm³/mol. The van der Waals surface area contributed by atoms with E-state index in [2.05, 4.69) is 52.7 Å². The van der Waals surface area contributed by atoms with Crippen molar-refractivity contribution in [2.75, 3.05) is 44.4 Å². The van der Waals surface area contributed by atoms with Crippen molar-refractivity contribution >= 4 is 60.8 Å². The van der Waals surface area contributed by atoms with Gasteiger partial charge in [-0.05, 0) is 82.6 Å². The molecule has 0 amide bonds. The monoisotopic (exact) mass is 700 g/mol. The van der Waals surface area contributed by atoms with Gasteiger partial charge in [0.1, 0.15) is 0 Å². The second-order valence-corrected chi connectivity index (χ2v) is 13.1. The fraction of sp³-hybridized carbons (Fsp3) is 0.303.